The minimum Gasteiger partial charge on any atom is -0.468 e. The van der Waals surface area contributed by atoms with Gasteiger partial charge in [0.15, 0.2) is 0 Å². The molecule has 0 bridgehead atoms. The highest BCUT2D eigenvalue weighted by Gasteiger charge is 2.10. The fourth-order valence-electron chi connectivity index (χ4n) is 1.22. The van der Waals surface area contributed by atoms with Crippen LogP contribution in [0.15, 0.2) is 16.7 Å². The third-order valence-electron chi connectivity index (χ3n) is 2.62. The summed E-state index contributed by atoms with van der Waals surface area (Å²) in [5.74, 6) is 1.51. The third-order valence-corrected chi connectivity index (χ3v) is 2.62. The quantitative estimate of drug-likeness (QED) is 0.785. The van der Waals surface area contributed by atoms with Crippen LogP contribution in [0.5, 0.6) is 0 Å². The predicted molar refractivity (Wildman–Crippen MR) is 60.6 cm³/mol. The second-order valence-corrected chi connectivity index (χ2v) is 4.16. The largest absolute Gasteiger partial charge is 0.468 e. The van der Waals surface area contributed by atoms with E-state index in [4.69, 9.17) is 9.15 Å². The van der Waals surface area contributed by atoms with E-state index in [0.717, 1.165) is 17.9 Å². The van der Waals surface area contributed by atoms with Crippen molar-refractivity contribution < 1.29 is 9.15 Å². The lowest BCUT2D eigenvalue weighted by Crippen LogP contribution is -2.15. The minimum absolute atomic E-state index is 0.280. The molecule has 0 aliphatic rings. The Labute approximate surface area is 91.8 Å². The highest BCUT2D eigenvalue weighted by atomic mass is 16.5. The number of hydrogen-bond acceptors (Lipinski definition) is 3. The molecule has 0 spiro atoms. The maximum atomic E-state index is 5.75. The van der Waals surface area contributed by atoms with Crippen molar-refractivity contribution >= 4 is 0 Å². The molecule has 0 aliphatic heterocycles. The molecule has 0 saturated heterocycles. The van der Waals surface area contributed by atoms with Gasteiger partial charge in [-0.15, -0.1) is 0 Å². The summed E-state index contributed by atoms with van der Waals surface area (Å²) in [4.78, 5) is 0. The molecule has 0 radical (unpaired) electrons. The van der Waals surface area contributed by atoms with E-state index < -0.39 is 0 Å². The fraction of sp³-hybridized carbons (Fsp3) is 0.667. The maximum Gasteiger partial charge on any atom is 0.123 e. The monoisotopic (exact) mass is 211 g/mol. The Bertz CT molecular complexity index is 281. The normalized spacial score (nSPS) is 13.4. The Morgan fingerprint density at radius 2 is 2.13 bits per heavy atom. The first-order chi connectivity index (χ1) is 7.15. The van der Waals surface area contributed by atoms with E-state index in [1.807, 2.05) is 13.1 Å². The van der Waals surface area contributed by atoms with Crippen molar-refractivity contribution in [1.82, 2.24) is 5.32 Å². The number of rotatable bonds is 6. The summed E-state index contributed by atoms with van der Waals surface area (Å²) in [7, 11) is 1.91. The van der Waals surface area contributed by atoms with Gasteiger partial charge in [0.2, 0.25) is 0 Å². The van der Waals surface area contributed by atoms with Crippen LogP contribution < -0.4 is 5.32 Å². The molecular formula is C12H21NO2. The van der Waals surface area contributed by atoms with Crippen LogP contribution in [0, 0.1) is 5.92 Å². The average molecular weight is 211 g/mol. The second kappa shape index (κ2) is 5.93. The van der Waals surface area contributed by atoms with Crippen molar-refractivity contribution in [2.75, 3.05) is 7.05 Å². The van der Waals surface area contributed by atoms with E-state index in [-0.39, 0.29) is 6.10 Å². The summed E-state index contributed by atoms with van der Waals surface area (Å²) in [6.07, 6.45) is 1.99. The second-order valence-electron chi connectivity index (χ2n) is 4.16. The van der Waals surface area contributed by atoms with Gasteiger partial charge in [-0.3, -0.25) is 0 Å². The lowest BCUT2D eigenvalue weighted by Gasteiger charge is -2.16. The van der Waals surface area contributed by atoms with Crippen LogP contribution >= 0.6 is 0 Å². The fourth-order valence-corrected chi connectivity index (χ4v) is 1.22. The van der Waals surface area contributed by atoms with E-state index in [1.54, 1.807) is 6.26 Å². The molecule has 1 heterocycles. The van der Waals surface area contributed by atoms with Crippen LogP contribution in [0.4, 0.5) is 0 Å². The standard InChI is InChI=1S/C12H21NO2/c1-9(2)10(3)15-8-11-5-6-14-12(11)7-13-4/h5-6,9-10,13H,7-8H2,1-4H3. The molecule has 1 atom stereocenters. The summed E-state index contributed by atoms with van der Waals surface area (Å²) in [6, 6.07) is 1.97. The van der Waals surface area contributed by atoms with Crippen LogP contribution in [-0.4, -0.2) is 13.2 Å². The van der Waals surface area contributed by atoms with Gasteiger partial charge >= 0.3 is 0 Å². The summed E-state index contributed by atoms with van der Waals surface area (Å²) < 4.78 is 11.1. The third kappa shape index (κ3) is 3.68. The zero-order chi connectivity index (χ0) is 11.3. The molecule has 86 valence electrons. The molecule has 1 N–H and O–H groups in total. The minimum atomic E-state index is 0.280. The number of nitrogens with one attached hydrogen (secondary N) is 1. The summed E-state index contributed by atoms with van der Waals surface area (Å²) in [6.45, 7) is 7.81. The topological polar surface area (TPSA) is 34.4 Å². The molecular weight excluding hydrogens is 190 g/mol. The van der Waals surface area contributed by atoms with Gasteiger partial charge in [0.1, 0.15) is 5.76 Å². The van der Waals surface area contributed by atoms with Crippen LogP contribution in [0.1, 0.15) is 32.1 Å². The molecule has 0 saturated carbocycles. The van der Waals surface area contributed by atoms with Crippen molar-refractivity contribution in [3.05, 3.63) is 23.7 Å². The van der Waals surface area contributed by atoms with Crippen LogP contribution in [0.3, 0.4) is 0 Å². The zero-order valence-corrected chi connectivity index (χ0v) is 10.0. The van der Waals surface area contributed by atoms with Crippen molar-refractivity contribution in [3.63, 3.8) is 0 Å². The first-order valence-electron chi connectivity index (χ1n) is 5.46. The van der Waals surface area contributed by atoms with Crippen molar-refractivity contribution in [2.45, 2.75) is 40.0 Å². The Kier molecular flexibility index (Phi) is 4.85. The van der Waals surface area contributed by atoms with Crippen molar-refractivity contribution in [3.8, 4) is 0 Å². The lowest BCUT2D eigenvalue weighted by molar-refractivity contribution is 0.0228. The molecule has 1 unspecified atom stereocenters. The van der Waals surface area contributed by atoms with E-state index in [0.29, 0.717) is 12.5 Å². The molecule has 1 aromatic heterocycles. The van der Waals surface area contributed by atoms with E-state index >= 15 is 0 Å². The summed E-state index contributed by atoms with van der Waals surface area (Å²) in [5.41, 5.74) is 1.14. The Balaban J connectivity index is 2.46. The van der Waals surface area contributed by atoms with E-state index in [2.05, 4.69) is 26.1 Å². The Morgan fingerprint density at radius 1 is 1.40 bits per heavy atom. The van der Waals surface area contributed by atoms with Gasteiger partial charge in [-0.1, -0.05) is 13.8 Å². The smallest absolute Gasteiger partial charge is 0.123 e. The summed E-state index contributed by atoms with van der Waals surface area (Å²) >= 11 is 0. The van der Waals surface area contributed by atoms with Gasteiger partial charge in [0.25, 0.3) is 0 Å². The molecule has 1 aromatic rings. The highest BCUT2D eigenvalue weighted by molar-refractivity contribution is 5.15. The molecule has 3 nitrogen and oxygen atoms in total. The molecule has 1 rings (SSSR count). The van der Waals surface area contributed by atoms with Crippen LogP contribution in [-0.2, 0) is 17.9 Å². The number of furan rings is 1. The SMILES string of the molecule is CNCc1occc1COC(C)C(C)C. The molecule has 15 heavy (non-hydrogen) atoms. The predicted octanol–water partition coefficient (Wildman–Crippen LogP) is 2.56. The van der Waals surface area contributed by atoms with Gasteiger partial charge in [-0.25, -0.2) is 0 Å². The van der Waals surface area contributed by atoms with Gasteiger partial charge < -0.3 is 14.5 Å². The number of hydrogen-bond donors (Lipinski definition) is 1. The van der Waals surface area contributed by atoms with Gasteiger partial charge in [-0.05, 0) is 26.0 Å². The average Bonchev–Trinajstić information content (AvgIpc) is 2.62. The van der Waals surface area contributed by atoms with E-state index in [1.165, 1.54) is 0 Å². The first-order valence-corrected chi connectivity index (χ1v) is 5.46. The van der Waals surface area contributed by atoms with Crippen LogP contribution in [0.2, 0.25) is 0 Å². The lowest BCUT2D eigenvalue weighted by atomic mass is 10.1. The first kappa shape index (κ1) is 12.3. The van der Waals surface area contributed by atoms with Gasteiger partial charge in [0.05, 0.1) is 25.5 Å². The molecule has 0 amide bonds. The highest BCUT2D eigenvalue weighted by Crippen LogP contribution is 2.14. The molecule has 0 fully saturated rings. The van der Waals surface area contributed by atoms with Crippen molar-refractivity contribution in [1.29, 1.82) is 0 Å². The van der Waals surface area contributed by atoms with Crippen LogP contribution in [0.25, 0.3) is 0 Å². The Hall–Kier alpha value is -0.800. The molecule has 0 aliphatic carbocycles. The van der Waals surface area contributed by atoms with Crippen molar-refractivity contribution in [2.24, 2.45) is 5.92 Å². The van der Waals surface area contributed by atoms with Gasteiger partial charge in [0, 0.05) is 5.56 Å². The molecule has 3 heteroatoms. The molecule has 0 aromatic carbocycles. The maximum absolute atomic E-state index is 5.75. The van der Waals surface area contributed by atoms with E-state index in [9.17, 15) is 0 Å². The Morgan fingerprint density at radius 3 is 2.73 bits per heavy atom. The number of ether oxygens (including phenoxy) is 1. The summed E-state index contributed by atoms with van der Waals surface area (Å²) in [5, 5.41) is 3.07. The van der Waals surface area contributed by atoms with Gasteiger partial charge in [-0.2, -0.15) is 0 Å². The zero-order valence-electron chi connectivity index (χ0n) is 10.0.